The first kappa shape index (κ1) is 17.2. The maximum Gasteiger partial charge on any atom is 0.254 e. The molecule has 3 heterocycles. The van der Waals surface area contributed by atoms with E-state index in [0.29, 0.717) is 43.7 Å². The fraction of sp³-hybridized carbons (Fsp3) is 0.300. The van der Waals surface area contributed by atoms with Crippen LogP contribution >= 0.6 is 0 Å². The zero-order chi connectivity index (χ0) is 18.8. The number of hydrogen-bond donors (Lipinski definition) is 1. The van der Waals surface area contributed by atoms with Crippen LogP contribution in [0.3, 0.4) is 0 Å². The Morgan fingerprint density at radius 3 is 2.26 bits per heavy atom. The number of carbonyl (C=O) groups is 3. The molecule has 2 aliphatic rings. The van der Waals surface area contributed by atoms with Gasteiger partial charge in [-0.2, -0.15) is 0 Å². The minimum absolute atomic E-state index is 0.0335. The fourth-order valence-corrected chi connectivity index (χ4v) is 3.55. The Bertz CT molecular complexity index is 897. The van der Waals surface area contributed by atoms with Crippen molar-refractivity contribution < 1.29 is 14.4 Å². The van der Waals surface area contributed by atoms with Gasteiger partial charge in [-0.15, -0.1) is 0 Å². The van der Waals surface area contributed by atoms with Crippen molar-refractivity contribution in [1.82, 2.24) is 14.8 Å². The summed E-state index contributed by atoms with van der Waals surface area (Å²) in [7, 11) is 0. The molecule has 3 amide bonds. The second kappa shape index (κ2) is 7.19. The summed E-state index contributed by atoms with van der Waals surface area (Å²) in [5.41, 5.74) is 2.83. The highest BCUT2D eigenvalue weighted by Gasteiger charge is 2.25. The molecule has 0 aliphatic carbocycles. The van der Waals surface area contributed by atoms with Crippen LogP contribution in [0.15, 0.2) is 42.7 Å². The van der Waals surface area contributed by atoms with E-state index in [1.807, 2.05) is 0 Å². The van der Waals surface area contributed by atoms with Gasteiger partial charge < -0.3 is 15.1 Å². The summed E-state index contributed by atoms with van der Waals surface area (Å²) in [6.45, 7) is 2.21. The number of nitrogens with one attached hydrogen (secondary N) is 1. The highest BCUT2D eigenvalue weighted by atomic mass is 16.2. The SMILES string of the molecule is O=C1Cc2cc(C(=O)N3CCCN(C(=O)c4ccncc4)CC3)ccc2N1. The van der Waals surface area contributed by atoms with Gasteiger partial charge >= 0.3 is 0 Å². The van der Waals surface area contributed by atoms with E-state index in [0.717, 1.165) is 17.7 Å². The summed E-state index contributed by atoms with van der Waals surface area (Å²) in [5.74, 6) is -0.140. The molecule has 7 heteroatoms. The molecule has 0 radical (unpaired) electrons. The lowest BCUT2D eigenvalue weighted by atomic mass is 10.1. The molecule has 138 valence electrons. The molecule has 1 N–H and O–H groups in total. The van der Waals surface area contributed by atoms with Crippen molar-refractivity contribution in [2.75, 3.05) is 31.5 Å². The smallest absolute Gasteiger partial charge is 0.254 e. The van der Waals surface area contributed by atoms with Crippen molar-refractivity contribution >= 4 is 23.4 Å². The Morgan fingerprint density at radius 2 is 1.56 bits per heavy atom. The van der Waals surface area contributed by atoms with Crippen LogP contribution in [-0.4, -0.2) is 58.7 Å². The van der Waals surface area contributed by atoms with Crippen LogP contribution in [0, 0.1) is 0 Å². The zero-order valence-electron chi connectivity index (χ0n) is 14.9. The normalized spacial score (nSPS) is 16.5. The second-order valence-corrected chi connectivity index (χ2v) is 6.77. The number of anilines is 1. The average Bonchev–Trinajstić information content (AvgIpc) is 2.90. The molecule has 4 rings (SSSR count). The van der Waals surface area contributed by atoms with Gasteiger partial charge in [0, 0.05) is 55.4 Å². The van der Waals surface area contributed by atoms with Crippen molar-refractivity contribution in [3.8, 4) is 0 Å². The predicted molar refractivity (Wildman–Crippen MR) is 99.4 cm³/mol. The molecular formula is C20H20N4O3. The molecule has 1 fully saturated rings. The monoisotopic (exact) mass is 364 g/mol. The van der Waals surface area contributed by atoms with E-state index in [2.05, 4.69) is 10.3 Å². The highest BCUT2D eigenvalue weighted by Crippen LogP contribution is 2.24. The van der Waals surface area contributed by atoms with Crippen molar-refractivity contribution in [2.24, 2.45) is 0 Å². The molecule has 1 saturated heterocycles. The van der Waals surface area contributed by atoms with Crippen LogP contribution in [0.4, 0.5) is 5.69 Å². The molecule has 0 bridgehead atoms. The lowest BCUT2D eigenvalue weighted by Gasteiger charge is -2.22. The number of aromatic nitrogens is 1. The lowest BCUT2D eigenvalue weighted by molar-refractivity contribution is -0.115. The van der Waals surface area contributed by atoms with Crippen molar-refractivity contribution in [3.05, 3.63) is 59.4 Å². The van der Waals surface area contributed by atoms with Gasteiger partial charge in [0.2, 0.25) is 5.91 Å². The van der Waals surface area contributed by atoms with E-state index in [1.165, 1.54) is 0 Å². The summed E-state index contributed by atoms with van der Waals surface area (Å²) < 4.78 is 0. The zero-order valence-corrected chi connectivity index (χ0v) is 14.9. The fourth-order valence-electron chi connectivity index (χ4n) is 3.55. The molecule has 1 aromatic carbocycles. The molecule has 0 saturated carbocycles. The van der Waals surface area contributed by atoms with Gasteiger partial charge in [0.1, 0.15) is 0 Å². The number of nitrogens with zero attached hydrogens (tertiary/aromatic N) is 3. The van der Waals surface area contributed by atoms with E-state index in [1.54, 1.807) is 52.5 Å². The molecule has 27 heavy (non-hydrogen) atoms. The highest BCUT2D eigenvalue weighted by molar-refractivity contribution is 6.01. The summed E-state index contributed by atoms with van der Waals surface area (Å²) in [4.78, 5) is 44.5. The Kier molecular flexibility index (Phi) is 4.58. The Hall–Kier alpha value is -3.22. The third kappa shape index (κ3) is 3.53. The average molecular weight is 364 g/mol. The Labute approximate surface area is 157 Å². The maximum absolute atomic E-state index is 12.9. The van der Waals surface area contributed by atoms with Gasteiger partial charge in [0.05, 0.1) is 6.42 Å². The van der Waals surface area contributed by atoms with Crippen LogP contribution in [0.5, 0.6) is 0 Å². The molecule has 0 unspecified atom stereocenters. The van der Waals surface area contributed by atoms with E-state index < -0.39 is 0 Å². The van der Waals surface area contributed by atoms with Crippen LogP contribution in [-0.2, 0) is 11.2 Å². The molecular weight excluding hydrogens is 344 g/mol. The molecule has 0 spiro atoms. The maximum atomic E-state index is 12.9. The van der Waals surface area contributed by atoms with Gasteiger partial charge in [-0.05, 0) is 42.3 Å². The van der Waals surface area contributed by atoms with Gasteiger partial charge in [0.15, 0.2) is 0 Å². The Morgan fingerprint density at radius 1 is 0.889 bits per heavy atom. The molecule has 1 aromatic heterocycles. The number of rotatable bonds is 2. The van der Waals surface area contributed by atoms with Crippen LogP contribution in [0.1, 0.15) is 32.7 Å². The third-order valence-corrected chi connectivity index (χ3v) is 4.97. The van der Waals surface area contributed by atoms with Crippen LogP contribution in [0.25, 0.3) is 0 Å². The number of amides is 3. The first-order valence-electron chi connectivity index (χ1n) is 9.03. The van der Waals surface area contributed by atoms with Gasteiger partial charge in [0.25, 0.3) is 11.8 Å². The third-order valence-electron chi connectivity index (χ3n) is 4.97. The molecule has 7 nitrogen and oxygen atoms in total. The first-order chi connectivity index (χ1) is 13.1. The lowest BCUT2D eigenvalue weighted by Crippen LogP contribution is -2.37. The minimum Gasteiger partial charge on any atom is -0.337 e. The summed E-state index contributed by atoms with van der Waals surface area (Å²) in [5, 5.41) is 2.77. The second-order valence-electron chi connectivity index (χ2n) is 6.77. The minimum atomic E-state index is -0.0599. The van der Waals surface area contributed by atoms with Crippen molar-refractivity contribution in [1.29, 1.82) is 0 Å². The summed E-state index contributed by atoms with van der Waals surface area (Å²) in [6.07, 6.45) is 4.25. The number of fused-ring (bicyclic) bond motifs is 1. The predicted octanol–water partition coefficient (Wildman–Crippen LogP) is 1.56. The topological polar surface area (TPSA) is 82.6 Å². The van der Waals surface area contributed by atoms with Crippen LogP contribution in [0.2, 0.25) is 0 Å². The summed E-state index contributed by atoms with van der Waals surface area (Å²) >= 11 is 0. The van der Waals surface area contributed by atoms with Crippen molar-refractivity contribution in [3.63, 3.8) is 0 Å². The number of hydrogen-bond acceptors (Lipinski definition) is 4. The number of pyridine rings is 1. The van der Waals surface area contributed by atoms with E-state index in [4.69, 9.17) is 0 Å². The Balaban J connectivity index is 1.44. The molecule has 2 aliphatic heterocycles. The van der Waals surface area contributed by atoms with Gasteiger partial charge in [-0.3, -0.25) is 19.4 Å². The first-order valence-corrected chi connectivity index (χ1v) is 9.03. The molecule has 0 atom stereocenters. The van der Waals surface area contributed by atoms with Crippen LogP contribution < -0.4 is 5.32 Å². The van der Waals surface area contributed by atoms with E-state index in [-0.39, 0.29) is 17.7 Å². The van der Waals surface area contributed by atoms with E-state index >= 15 is 0 Å². The van der Waals surface area contributed by atoms with Gasteiger partial charge in [-0.1, -0.05) is 0 Å². The molecule has 2 aromatic rings. The largest absolute Gasteiger partial charge is 0.337 e. The quantitative estimate of drug-likeness (QED) is 0.877. The summed E-state index contributed by atoms with van der Waals surface area (Å²) in [6, 6.07) is 8.73. The van der Waals surface area contributed by atoms with Crippen molar-refractivity contribution in [2.45, 2.75) is 12.8 Å². The van der Waals surface area contributed by atoms with E-state index in [9.17, 15) is 14.4 Å². The van der Waals surface area contributed by atoms with Gasteiger partial charge in [-0.25, -0.2) is 0 Å². The standard InChI is InChI=1S/C20H20N4O3/c25-18-13-16-12-15(2-3-17(16)22-18)20(27)24-9-1-8-23(10-11-24)19(26)14-4-6-21-7-5-14/h2-7,12H,1,8-11,13H2,(H,22,25). The number of benzene rings is 1. The number of carbonyl (C=O) groups excluding carboxylic acids is 3.